The first-order chi connectivity index (χ1) is 19.0. The van der Waals surface area contributed by atoms with Crippen LogP contribution < -0.4 is 20.7 Å². The van der Waals surface area contributed by atoms with Gasteiger partial charge >= 0.3 is 6.61 Å². The molecule has 0 spiro atoms. The number of fused-ring (bicyclic) bond motifs is 1. The van der Waals surface area contributed by atoms with Crippen LogP contribution in [-0.2, 0) is 0 Å². The van der Waals surface area contributed by atoms with Crippen LogP contribution in [0.5, 0.6) is 5.75 Å². The van der Waals surface area contributed by atoms with Crippen LogP contribution in [0.1, 0.15) is 15.9 Å². The molecule has 2 aromatic carbocycles. The Labute approximate surface area is 224 Å². The van der Waals surface area contributed by atoms with E-state index in [2.05, 4.69) is 42.1 Å². The fraction of sp³-hybridized carbons (Fsp3) is 0.250. The van der Waals surface area contributed by atoms with Gasteiger partial charge in [0.2, 0.25) is 0 Å². The summed E-state index contributed by atoms with van der Waals surface area (Å²) in [5, 5.41) is 9.61. The molecule has 1 fully saturated rings. The fourth-order valence-corrected chi connectivity index (χ4v) is 4.54. The van der Waals surface area contributed by atoms with E-state index in [1.165, 1.54) is 12.1 Å². The van der Waals surface area contributed by atoms with Gasteiger partial charge in [-0.15, -0.1) is 0 Å². The first-order valence-electron chi connectivity index (χ1n) is 12.6. The first kappa shape index (κ1) is 26.3. The summed E-state index contributed by atoms with van der Waals surface area (Å²) in [7, 11) is 0. The quantitative estimate of drug-likeness (QED) is 0.283. The van der Waals surface area contributed by atoms with E-state index in [0.29, 0.717) is 29.1 Å². The van der Waals surface area contributed by atoms with E-state index in [0.717, 1.165) is 49.7 Å². The van der Waals surface area contributed by atoms with Crippen molar-refractivity contribution in [2.24, 2.45) is 0 Å². The van der Waals surface area contributed by atoms with Gasteiger partial charge in [-0.25, -0.2) is 9.97 Å². The largest absolute Gasteiger partial charge is 0.435 e. The van der Waals surface area contributed by atoms with E-state index >= 15 is 0 Å². The Morgan fingerprint density at radius 1 is 1.15 bits per heavy atom. The van der Waals surface area contributed by atoms with Crippen LogP contribution in [0, 0.1) is 0 Å². The van der Waals surface area contributed by atoms with E-state index < -0.39 is 6.61 Å². The number of piperazine rings is 1. The molecule has 0 aliphatic carbocycles. The van der Waals surface area contributed by atoms with Gasteiger partial charge in [0.15, 0.2) is 11.5 Å². The summed E-state index contributed by atoms with van der Waals surface area (Å²) >= 11 is 0. The molecule has 0 unspecified atom stereocenters. The lowest BCUT2D eigenvalue weighted by atomic mass is 10.1. The number of halogens is 2. The van der Waals surface area contributed by atoms with Crippen molar-refractivity contribution < 1.29 is 18.3 Å². The number of ether oxygens (including phenoxy) is 1. The molecule has 0 bridgehead atoms. The predicted molar refractivity (Wildman–Crippen MR) is 147 cm³/mol. The molecular weight excluding hydrogens is 504 g/mol. The van der Waals surface area contributed by atoms with E-state index in [9.17, 15) is 13.6 Å². The molecule has 1 amide bonds. The fourth-order valence-electron chi connectivity index (χ4n) is 4.54. The lowest BCUT2D eigenvalue weighted by Crippen LogP contribution is -2.46. The number of nitrogens with one attached hydrogen (secondary N) is 3. The average molecular weight is 534 g/mol. The van der Waals surface area contributed by atoms with Crippen molar-refractivity contribution in [3.63, 3.8) is 0 Å². The van der Waals surface area contributed by atoms with Crippen LogP contribution in [0.3, 0.4) is 0 Å². The zero-order valence-corrected chi connectivity index (χ0v) is 21.2. The summed E-state index contributed by atoms with van der Waals surface area (Å²) in [6, 6.07) is 11.8. The number of imidazole rings is 1. The molecule has 1 aliphatic heterocycles. The van der Waals surface area contributed by atoms with Crippen LogP contribution in [0.15, 0.2) is 67.6 Å². The van der Waals surface area contributed by atoms with Crippen LogP contribution in [0.4, 0.5) is 20.3 Å². The van der Waals surface area contributed by atoms with Gasteiger partial charge in [0.05, 0.1) is 11.9 Å². The maximum absolute atomic E-state index is 12.8. The summed E-state index contributed by atoms with van der Waals surface area (Å²) in [6.07, 6.45) is 6.76. The monoisotopic (exact) mass is 533 g/mol. The summed E-state index contributed by atoms with van der Waals surface area (Å²) in [6.45, 7) is 6.29. The average Bonchev–Trinajstić information content (AvgIpc) is 3.39. The molecule has 39 heavy (non-hydrogen) atoms. The molecule has 4 aromatic rings. The van der Waals surface area contributed by atoms with Gasteiger partial charge in [0.25, 0.3) is 5.91 Å². The Kier molecular flexibility index (Phi) is 8.09. The van der Waals surface area contributed by atoms with E-state index in [1.807, 2.05) is 16.5 Å². The van der Waals surface area contributed by atoms with E-state index in [-0.39, 0.29) is 11.7 Å². The van der Waals surface area contributed by atoms with Crippen LogP contribution in [0.25, 0.3) is 23.0 Å². The number of nitrogens with zero attached hydrogens (tertiary/aromatic N) is 4. The van der Waals surface area contributed by atoms with Gasteiger partial charge in [-0.1, -0.05) is 12.7 Å². The highest BCUT2D eigenvalue weighted by molar-refractivity contribution is 5.98. The zero-order chi connectivity index (χ0) is 27.2. The Morgan fingerprint density at radius 3 is 2.69 bits per heavy atom. The molecular formula is C28H29F2N7O2. The number of rotatable bonds is 10. The number of aromatic nitrogens is 3. The van der Waals surface area contributed by atoms with Crippen molar-refractivity contribution in [1.82, 2.24) is 29.9 Å². The van der Waals surface area contributed by atoms with Crippen LogP contribution >= 0.6 is 0 Å². The third-order valence-electron chi connectivity index (χ3n) is 6.51. The van der Waals surface area contributed by atoms with Crippen molar-refractivity contribution in [3.8, 4) is 17.0 Å². The molecule has 1 saturated heterocycles. The molecule has 11 heteroatoms. The second-order valence-corrected chi connectivity index (χ2v) is 8.99. The number of hydrogen-bond acceptors (Lipinski definition) is 7. The standard InChI is InChI=1S/C28H29F2N7O2/c1-2-19-17-21(5-8-23(19)27(38)33-11-15-36-13-9-31-10-14-36)35-25-26-34-18-24(37(26)16-12-32-25)20-3-6-22(7-4-20)39-28(29)30/h2-8,12,16-18,28,31H,1,9-11,13-15H2,(H,32,35)(H,33,38). The summed E-state index contributed by atoms with van der Waals surface area (Å²) < 4.78 is 31.2. The number of benzene rings is 2. The number of amides is 1. The molecule has 0 radical (unpaired) electrons. The summed E-state index contributed by atoms with van der Waals surface area (Å²) in [5.41, 5.74) is 4.09. The number of carbonyl (C=O) groups is 1. The lowest BCUT2D eigenvalue weighted by Gasteiger charge is -2.27. The Balaban J connectivity index is 1.29. The SMILES string of the molecule is C=Cc1cc(Nc2nccn3c(-c4ccc(OC(F)F)cc4)cnc23)ccc1C(=O)NCCN1CCNCC1. The zero-order valence-electron chi connectivity index (χ0n) is 21.2. The summed E-state index contributed by atoms with van der Waals surface area (Å²) in [5.74, 6) is 0.459. The lowest BCUT2D eigenvalue weighted by molar-refractivity contribution is -0.0498. The molecule has 2 aromatic heterocycles. The molecule has 0 saturated carbocycles. The van der Waals surface area contributed by atoms with Gasteiger partial charge in [-0.3, -0.25) is 14.1 Å². The number of hydrogen-bond donors (Lipinski definition) is 3. The van der Waals surface area contributed by atoms with Gasteiger partial charge < -0.3 is 20.7 Å². The number of carbonyl (C=O) groups excluding carboxylic acids is 1. The number of alkyl halides is 2. The summed E-state index contributed by atoms with van der Waals surface area (Å²) in [4.78, 5) is 24.1. The van der Waals surface area contributed by atoms with E-state index in [1.54, 1.807) is 42.9 Å². The smallest absolute Gasteiger partial charge is 0.387 e. The van der Waals surface area contributed by atoms with Gasteiger partial charge in [-0.2, -0.15) is 8.78 Å². The molecule has 9 nitrogen and oxygen atoms in total. The van der Waals surface area contributed by atoms with Gasteiger partial charge in [0, 0.05) is 68.5 Å². The van der Waals surface area contributed by atoms with Gasteiger partial charge in [-0.05, 0) is 48.0 Å². The highest BCUT2D eigenvalue weighted by Crippen LogP contribution is 2.28. The molecule has 3 N–H and O–H groups in total. The molecule has 202 valence electrons. The normalized spacial score (nSPS) is 13.9. The third-order valence-corrected chi connectivity index (χ3v) is 6.51. The first-order valence-corrected chi connectivity index (χ1v) is 12.6. The van der Waals surface area contributed by atoms with Gasteiger partial charge in [0.1, 0.15) is 5.75 Å². The second-order valence-electron chi connectivity index (χ2n) is 8.99. The van der Waals surface area contributed by atoms with Crippen molar-refractivity contribution in [3.05, 3.63) is 78.8 Å². The third kappa shape index (κ3) is 6.21. The molecule has 3 heterocycles. The Bertz CT molecular complexity index is 1450. The van der Waals surface area contributed by atoms with Crippen LogP contribution in [0.2, 0.25) is 0 Å². The molecule has 0 atom stereocenters. The van der Waals surface area contributed by atoms with Crippen LogP contribution in [-0.4, -0.2) is 71.1 Å². The minimum atomic E-state index is -2.88. The molecule has 1 aliphatic rings. The maximum atomic E-state index is 12.8. The van der Waals surface area contributed by atoms with Crippen molar-refractivity contribution in [2.45, 2.75) is 6.61 Å². The van der Waals surface area contributed by atoms with Crippen molar-refractivity contribution >= 4 is 29.1 Å². The number of anilines is 2. The minimum absolute atomic E-state index is 0.0845. The van der Waals surface area contributed by atoms with E-state index in [4.69, 9.17) is 0 Å². The maximum Gasteiger partial charge on any atom is 0.387 e. The topological polar surface area (TPSA) is 95.8 Å². The van der Waals surface area contributed by atoms with Crippen molar-refractivity contribution in [2.75, 3.05) is 44.6 Å². The highest BCUT2D eigenvalue weighted by Gasteiger charge is 2.15. The predicted octanol–water partition coefficient (Wildman–Crippen LogP) is 4.02. The molecule has 5 rings (SSSR count). The highest BCUT2D eigenvalue weighted by atomic mass is 19.3. The Hall–Kier alpha value is -4.35. The van der Waals surface area contributed by atoms with Crippen molar-refractivity contribution in [1.29, 1.82) is 0 Å². The second kappa shape index (κ2) is 12.0. The minimum Gasteiger partial charge on any atom is -0.435 e. The Morgan fingerprint density at radius 2 is 1.95 bits per heavy atom.